The summed E-state index contributed by atoms with van der Waals surface area (Å²) in [4.78, 5) is 16.3. The molecule has 0 amide bonds. The first-order valence-corrected chi connectivity index (χ1v) is 12.1. The first-order chi connectivity index (χ1) is 17.9. The van der Waals surface area contributed by atoms with E-state index in [1.807, 2.05) is 88.4 Å². The van der Waals surface area contributed by atoms with Crippen molar-refractivity contribution >= 4 is 23.5 Å². The van der Waals surface area contributed by atoms with Gasteiger partial charge in [0, 0.05) is 12.6 Å². The van der Waals surface area contributed by atoms with Crippen molar-refractivity contribution in [1.29, 1.82) is 0 Å². The first-order valence-electron chi connectivity index (χ1n) is 12.1. The molecule has 3 aromatic carbocycles. The number of allylic oxidation sites excluding steroid dienone is 2. The number of hydrogen-bond donors (Lipinski definition) is 0. The van der Waals surface area contributed by atoms with Gasteiger partial charge in [0.15, 0.2) is 11.3 Å². The Balaban J connectivity index is 0.00000112. The molecule has 0 spiro atoms. The van der Waals surface area contributed by atoms with Crippen LogP contribution in [0.5, 0.6) is 0 Å². The zero-order valence-corrected chi connectivity index (χ0v) is 22.5. The molecule has 3 aromatic rings. The van der Waals surface area contributed by atoms with E-state index in [4.69, 9.17) is 15.9 Å². The van der Waals surface area contributed by atoms with Crippen molar-refractivity contribution in [3.8, 4) is 23.5 Å². The van der Waals surface area contributed by atoms with Crippen LogP contribution in [0.15, 0.2) is 89.4 Å². The van der Waals surface area contributed by atoms with Gasteiger partial charge in [0.2, 0.25) is 0 Å². The summed E-state index contributed by atoms with van der Waals surface area (Å²) in [5.74, 6) is 2.26. The van der Waals surface area contributed by atoms with Gasteiger partial charge in [-0.1, -0.05) is 84.8 Å². The van der Waals surface area contributed by atoms with Crippen molar-refractivity contribution in [3.05, 3.63) is 107 Å². The number of rotatable bonds is 7. The van der Waals surface area contributed by atoms with Gasteiger partial charge in [-0.3, -0.25) is 0 Å². The molecule has 0 bridgehead atoms. The minimum Gasteiger partial charge on any atom is -0.487 e. The Kier molecular flexibility index (Phi) is 11.6. The molecule has 0 aliphatic carbocycles. The summed E-state index contributed by atoms with van der Waals surface area (Å²) in [6.07, 6.45) is 9.61. The van der Waals surface area contributed by atoms with Crippen LogP contribution in [0.1, 0.15) is 43.0 Å². The fourth-order valence-corrected chi connectivity index (χ4v) is 3.73. The van der Waals surface area contributed by atoms with E-state index in [1.54, 1.807) is 13.3 Å². The van der Waals surface area contributed by atoms with Gasteiger partial charge in [-0.25, -0.2) is 4.79 Å². The molecule has 190 valence electrons. The third-order valence-corrected chi connectivity index (χ3v) is 5.80. The van der Waals surface area contributed by atoms with Crippen LogP contribution < -0.4 is 0 Å². The highest BCUT2D eigenvalue weighted by Crippen LogP contribution is 2.39. The summed E-state index contributed by atoms with van der Waals surface area (Å²) >= 11 is 0. The zero-order valence-electron chi connectivity index (χ0n) is 22.5. The van der Waals surface area contributed by atoms with Gasteiger partial charge in [0.1, 0.15) is 6.61 Å². The van der Waals surface area contributed by atoms with Crippen LogP contribution >= 0.6 is 0 Å². The Morgan fingerprint density at radius 1 is 0.973 bits per heavy atom. The second-order valence-electron chi connectivity index (χ2n) is 8.15. The second kappa shape index (κ2) is 14.9. The largest absolute Gasteiger partial charge is 0.487 e. The lowest BCUT2D eigenvalue weighted by molar-refractivity contribution is -0.135. The molecule has 0 atom stereocenters. The molecule has 0 saturated heterocycles. The van der Waals surface area contributed by atoms with Crippen LogP contribution in [0.3, 0.4) is 0 Å². The maximum atomic E-state index is 12.7. The van der Waals surface area contributed by atoms with E-state index in [0.717, 1.165) is 39.0 Å². The van der Waals surface area contributed by atoms with Crippen LogP contribution in [0.4, 0.5) is 0 Å². The lowest BCUT2D eigenvalue weighted by Gasteiger charge is -2.22. The van der Waals surface area contributed by atoms with Crippen LogP contribution in [-0.2, 0) is 20.9 Å². The molecule has 0 fully saturated rings. The second-order valence-corrected chi connectivity index (χ2v) is 8.15. The lowest BCUT2D eigenvalue weighted by atomic mass is 9.86. The Morgan fingerprint density at radius 2 is 1.57 bits per heavy atom. The van der Waals surface area contributed by atoms with Gasteiger partial charge in [-0.2, -0.15) is 0 Å². The Labute approximate surface area is 221 Å². The van der Waals surface area contributed by atoms with E-state index in [2.05, 4.69) is 29.1 Å². The van der Waals surface area contributed by atoms with Gasteiger partial charge in [0.05, 0.1) is 7.11 Å². The van der Waals surface area contributed by atoms with E-state index < -0.39 is 5.97 Å². The maximum absolute atomic E-state index is 12.7. The highest BCUT2D eigenvalue weighted by Gasteiger charge is 2.24. The van der Waals surface area contributed by atoms with E-state index in [9.17, 15) is 4.79 Å². The topological polar surface area (TPSA) is 47.9 Å². The molecule has 4 heteroatoms. The molecule has 0 aliphatic rings. The van der Waals surface area contributed by atoms with Crippen molar-refractivity contribution in [2.75, 3.05) is 14.2 Å². The number of aryl methyl sites for hydroxylation is 1. The van der Waals surface area contributed by atoms with Gasteiger partial charge in [-0.15, -0.1) is 6.42 Å². The number of ether oxygens (including phenoxy) is 2. The molecule has 0 saturated carbocycles. The summed E-state index contributed by atoms with van der Waals surface area (Å²) in [7, 11) is 3.07. The van der Waals surface area contributed by atoms with E-state index in [1.165, 1.54) is 7.11 Å². The number of aliphatic imine (C=N–C) groups is 1. The van der Waals surface area contributed by atoms with Gasteiger partial charge < -0.3 is 14.5 Å². The average molecular weight is 494 g/mol. The van der Waals surface area contributed by atoms with E-state index >= 15 is 0 Å². The fourth-order valence-electron chi connectivity index (χ4n) is 3.73. The number of terminal acetylenes is 1. The summed E-state index contributed by atoms with van der Waals surface area (Å²) < 4.78 is 11.3. The van der Waals surface area contributed by atoms with Crippen molar-refractivity contribution in [1.82, 2.24) is 0 Å². The number of carbonyl (C=O) groups is 1. The molecule has 0 heterocycles. The quantitative estimate of drug-likeness (QED) is 0.112. The Bertz CT molecular complexity index is 1310. The van der Waals surface area contributed by atoms with Crippen LogP contribution in [0.2, 0.25) is 0 Å². The van der Waals surface area contributed by atoms with Crippen molar-refractivity contribution in [2.24, 2.45) is 4.99 Å². The number of hydrogen-bond acceptors (Lipinski definition) is 4. The molecule has 3 rings (SSSR count). The van der Waals surface area contributed by atoms with Crippen molar-refractivity contribution < 1.29 is 14.3 Å². The summed E-state index contributed by atoms with van der Waals surface area (Å²) in [6.45, 7) is 8.19. The molecule has 0 N–H and O–H groups in total. The monoisotopic (exact) mass is 493 g/mol. The fraction of sp³-hybridized carbons (Fsp3) is 0.212. The molecule has 4 nitrogen and oxygen atoms in total. The number of benzene rings is 3. The smallest absolute Gasteiger partial charge is 0.350 e. The van der Waals surface area contributed by atoms with Gasteiger partial charge >= 0.3 is 5.97 Å². The van der Waals surface area contributed by atoms with Crippen LogP contribution in [0, 0.1) is 19.3 Å². The highest BCUT2D eigenvalue weighted by atomic mass is 16.5. The predicted molar refractivity (Wildman–Crippen MR) is 155 cm³/mol. The summed E-state index contributed by atoms with van der Waals surface area (Å²) in [5, 5.41) is 0. The normalized spacial score (nSPS) is 11.6. The van der Waals surface area contributed by atoms with Gasteiger partial charge in [-0.05, 0) is 67.3 Å². The highest BCUT2D eigenvalue weighted by molar-refractivity contribution is 6.03. The summed E-state index contributed by atoms with van der Waals surface area (Å²) in [6, 6.07) is 24.0. The first kappa shape index (κ1) is 28.9. The molecule has 0 unspecified atom stereocenters. The van der Waals surface area contributed by atoms with E-state index in [0.29, 0.717) is 5.76 Å². The third-order valence-electron chi connectivity index (χ3n) is 5.80. The molecule has 37 heavy (non-hydrogen) atoms. The predicted octanol–water partition coefficient (Wildman–Crippen LogP) is 7.53. The zero-order chi connectivity index (χ0) is 27.2. The van der Waals surface area contributed by atoms with Crippen molar-refractivity contribution in [3.63, 3.8) is 0 Å². The molecular weight excluding hydrogens is 458 g/mol. The standard InChI is InChI=1S/C30H28O3.C3H7N/c1-6-21(3)27-26(24-16-12-9-13-17-24)19-18-22(4)28(27)29(25(7-2)30(31)32-5)33-20-23-14-10-8-11-15-23;1-3-4-2/h2,6,8-19H,20H2,1,3-5H3;3H,1-2H3/b21-6-,29-25-;. The number of nitrogens with zero attached hydrogens (tertiary/aromatic N) is 1. The molecule has 0 radical (unpaired) electrons. The molecule has 0 aromatic heterocycles. The van der Waals surface area contributed by atoms with Gasteiger partial charge in [0.25, 0.3) is 0 Å². The molecule has 0 aliphatic heterocycles. The lowest BCUT2D eigenvalue weighted by Crippen LogP contribution is -2.11. The van der Waals surface area contributed by atoms with Crippen LogP contribution in [0.25, 0.3) is 22.5 Å². The third kappa shape index (κ3) is 7.56. The number of carbonyl (C=O) groups excluding carboxylic acids is 1. The Morgan fingerprint density at radius 3 is 2.08 bits per heavy atom. The van der Waals surface area contributed by atoms with Crippen LogP contribution in [-0.4, -0.2) is 26.3 Å². The van der Waals surface area contributed by atoms with E-state index in [-0.39, 0.29) is 12.2 Å². The minimum atomic E-state index is -0.603. The maximum Gasteiger partial charge on any atom is 0.350 e. The average Bonchev–Trinajstić information content (AvgIpc) is 2.95. The number of esters is 1. The SMILES string of the molecule is C#C/C(C(=O)OC)=C(/OCc1ccccc1)c1c(C)ccc(-c2ccccc2)c1/C(C)=C\C.CC=NC. The van der Waals surface area contributed by atoms with Crippen molar-refractivity contribution in [2.45, 2.75) is 34.3 Å². The Hall–Kier alpha value is -4.36. The number of methoxy groups -OCH3 is 1. The summed E-state index contributed by atoms with van der Waals surface area (Å²) in [5.41, 5.74) is 6.90. The molecular formula is C33H35NO3. The minimum absolute atomic E-state index is 0.0619.